The number of aryl methyl sites for hydroxylation is 1. The number of hydrogen-bond acceptors (Lipinski definition) is 1. The molecule has 0 saturated carbocycles. The van der Waals surface area contributed by atoms with Crippen molar-refractivity contribution in [3.8, 4) is 0 Å². The first-order valence-electron chi connectivity index (χ1n) is 3.89. The Labute approximate surface area is 83.7 Å². The van der Waals surface area contributed by atoms with Crippen LogP contribution in [-0.4, -0.2) is 4.98 Å². The normalized spacial score (nSPS) is 10.7. The average molecular weight is 240 g/mol. The molecule has 1 heterocycles. The van der Waals surface area contributed by atoms with Gasteiger partial charge in [0.05, 0.1) is 9.99 Å². The van der Waals surface area contributed by atoms with E-state index in [1.165, 1.54) is 0 Å². The van der Waals surface area contributed by atoms with Gasteiger partial charge in [-0.3, -0.25) is 4.98 Å². The Hall–Kier alpha value is -0.960. The molecule has 1 aromatic heterocycles. The molecular weight excluding hydrogens is 233 g/mol. The van der Waals surface area contributed by atoms with E-state index < -0.39 is 0 Å². The van der Waals surface area contributed by atoms with Crippen LogP contribution >= 0.6 is 15.9 Å². The molecule has 0 aliphatic heterocycles. The van der Waals surface area contributed by atoms with Gasteiger partial charge >= 0.3 is 0 Å². The number of rotatable bonds is 0. The van der Waals surface area contributed by atoms with Crippen molar-refractivity contribution in [2.75, 3.05) is 0 Å². The smallest absolute Gasteiger partial charge is 0.147 e. The number of fused-ring (bicyclic) bond motifs is 1. The lowest BCUT2D eigenvalue weighted by Gasteiger charge is -2.03. The minimum absolute atomic E-state index is 0.233. The van der Waals surface area contributed by atoms with Crippen molar-refractivity contribution in [3.05, 3.63) is 40.2 Å². The summed E-state index contributed by atoms with van der Waals surface area (Å²) in [4.78, 5) is 4.08. The first-order chi connectivity index (χ1) is 6.20. The van der Waals surface area contributed by atoms with Crippen molar-refractivity contribution in [2.45, 2.75) is 6.92 Å². The summed E-state index contributed by atoms with van der Waals surface area (Å²) in [6.45, 7) is 1.85. The van der Waals surface area contributed by atoms with Crippen LogP contribution in [0.3, 0.4) is 0 Å². The van der Waals surface area contributed by atoms with Crippen LogP contribution < -0.4 is 0 Å². The molecule has 0 bridgehead atoms. The molecule has 2 rings (SSSR count). The fourth-order valence-electron chi connectivity index (χ4n) is 1.28. The summed E-state index contributed by atoms with van der Waals surface area (Å²) in [5.41, 5.74) is 1.56. The third-order valence-electron chi connectivity index (χ3n) is 1.97. The molecule has 0 unspecified atom stereocenters. The van der Waals surface area contributed by atoms with Gasteiger partial charge in [-0.25, -0.2) is 4.39 Å². The summed E-state index contributed by atoms with van der Waals surface area (Å²) >= 11 is 3.20. The third-order valence-corrected chi connectivity index (χ3v) is 2.94. The topological polar surface area (TPSA) is 12.9 Å². The molecule has 1 aromatic carbocycles. The van der Waals surface area contributed by atoms with Gasteiger partial charge in [0, 0.05) is 11.6 Å². The summed E-state index contributed by atoms with van der Waals surface area (Å²) in [6.07, 6.45) is 1.66. The van der Waals surface area contributed by atoms with Crippen molar-refractivity contribution in [1.82, 2.24) is 4.98 Å². The SMILES string of the molecule is Cc1cc2ncccc2c(F)c1Br. The van der Waals surface area contributed by atoms with Gasteiger partial charge in [-0.15, -0.1) is 0 Å². The molecule has 0 aliphatic carbocycles. The highest BCUT2D eigenvalue weighted by Crippen LogP contribution is 2.26. The second-order valence-corrected chi connectivity index (χ2v) is 3.68. The number of aromatic nitrogens is 1. The van der Waals surface area contributed by atoms with Crippen LogP contribution in [0.2, 0.25) is 0 Å². The van der Waals surface area contributed by atoms with Crippen LogP contribution in [0.4, 0.5) is 4.39 Å². The Kier molecular flexibility index (Phi) is 2.04. The van der Waals surface area contributed by atoms with Crippen LogP contribution in [0.5, 0.6) is 0 Å². The zero-order valence-corrected chi connectivity index (χ0v) is 8.60. The summed E-state index contributed by atoms with van der Waals surface area (Å²) in [6, 6.07) is 5.32. The maximum absolute atomic E-state index is 13.6. The number of pyridine rings is 1. The monoisotopic (exact) mass is 239 g/mol. The molecular formula is C10H7BrFN. The lowest BCUT2D eigenvalue weighted by Crippen LogP contribution is -1.87. The second-order valence-electron chi connectivity index (χ2n) is 2.89. The number of nitrogens with zero attached hydrogens (tertiary/aromatic N) is 1. The van der Waals surface area contributed by atoms with Gasteiger partial charge in [-0.05, 0) is 46.6 Å². The van der Waals surface area contributed by atoms with Crippen LogP contribution in [0.25, 0.3) is 10.9 Å². The van der Waals surface area contributed by atoms with Crippen molar-refractivity contribution in [1.29, 1.82) is 0 Å². The van der Waals surface area contributed by atoms with Gasteiger partial charge in [-0.1, -0.05) is 0 Å². The Bertz CT molecular complexity index is 468. The van der Waals surface area contributed by atoms with E-state index in [1.54, 1.807) is 18.3 Å². The fourth-order valence-corrected chi connectivity index (χ4v) is 1.61. The maximum Gasteiger partial charge on any atom is 0.147 e. The second kappa shape index (κ2) is 3.07. The summed E-state index contributed by atoms with van der Waals surface area (Å²) in [7, 11) is 0. The Morgan fingerprint density at radius 1 is 1.46 bits per heavy atom. The highest BCUT2D eigenvalue weighted by atomic mass is 79.9. The van der Waals surface area contributed by atoms with E-state index >= 15 is 0 Å². The van der Waals surface area contributed by atoms with Crippen LogP contribution in [-0.2, 0) is 0 Å². The molecule has 0 fully saturated rings. The molecule has 1 nitrogen and oxygen atoms in total. The lowest BCUT2D eigenvalue weighted by atomic mass is 10.1. The molecule has 0 saturated heterocycles. The van der Waals surface area contributed by atoms with Gasteiger partial charge in [0.2, 0.25) is 0 Å². The van der Waals surface area contributed by atoms with Gasteiger partial charge in [-0.2, -0.15) is 0 Å². The molecule has 0 N–H and O–H groups in total. The van der Waals surface area contributed by atoms with Gasteiger partial charge in [0.25, 0.3) is 0 Å². The van der Waals surface area contributed by atoms with Gasteiger partial charge in [0.15, 0.2) is 0 Å². The zero-order valence-electron chi connectivity index (χ0n) is 7.01. The van der Waals surface area contributed by atoms with Crippen LogP contribution in [0.15, 0.2) is 28.9 Å². The van der Waals surface area contributed by atoms with E-state index in [4.69, 9.17) is 0 Å². The quantitative estimate of drug-likeness (QED) is 0.687. The first kappa shape index (κ1) is 8.63. The minimum Gasteiger partial charge on any atom is -0.256 e. The predicted molar refractivity (Wildman–Crippen MR) is 54.1 cm³/mol. The number of hydrogen-bond donors (Lipinski definition) is 0. The molecule has 0 atom stereocenters. The number of halogens is 2. The van der Waals surface area contributed by atoms with Crippen molar-refractivity contribution in [3.63, 3.8) is 0 Å². The molecule has 3 heteroatoms. The van der Waals surface area contributed by atoms with Crippen LogP contribution in [0.1, 0.15) is 5.56 Å². The van der Waals surface area contributed by atoms with Crippen molar-refractivity contribution in [2.24, 2.45) is 0 Å². The lowest BCUT2D eigenvalue weighted by molar-refractivity contribution is 0.631. The van der Waals surface area contributed by atoms with E-state index in [0.717, 1.165) is 5.56 Å². The minimum atomic E-state index is -0.233. The highest BCUT2D eigenvalue weighted by Gasteiger charge is 2.08. The van der Waals surface area contributed by atoms with E-state index in [2.05, 4.69) is 20.9 Å². The Balaban J connectivity index is 2.94. The summed E-state index contributed by atoms with van der Waals surface area (Å²) in [5.74, 6) is -0.233. The van der Waals surface area contributed by atoms with E-state index in [-0.39, 0.29) is 5.82 Å². The number of benzene rings is 1. The molecule has 0 amide bonds. The Morgan fingerprint density at radius 3 is 3.00 bits per heavy atom. The fraction of sp³-hybridized carbons (Fsp3) is 0.100. The first-order valence-corrected chi connectivity index (χ1v) is 4.69. The highest BCUT2D eigenvalue weighted by molar-refractivity contribution is 9.10. The van der Waals surface area contributed by atoms with Crippen LogP contribution in [0, 0.1) is 12.7 Å². The summed E-state index contributed by atoms with van der Waals surface area (Å²) in [5, 5.41) is 0.556. The van der Waals surface area contributed by atoms with E-state index in [9.17, 15) is 4.39 Å². The molecule has 0 aliphatic rings. The van der Waals surface area contributed by atoms with Crippen molar-refractivity contribution < 1.29 is 4.39 Å². The van der Waals surface area contributed by atoms with Gasteiger partial charge < -0.3 is 0 Å². The molecule has 0 spiro atoms. The van der Waals surface area contributed by atoms with Crippen molar-refractivity contribution >= 4 is 26.8 Å². The molecule has 66 valence electrons. The third kappa shape index (κ3) is 1.33. The molecule has 2 aromatic rings. The van der Waals surface area contributed by atoms with Gasteiger partial charge in [0.1, 0.15) is 5.82 Å². The molecule has 0 radical (unpaired) electrons. The largest absolute Gasteiger partial charge is 0.256 e. The average Bonchev–Trinajstić information content (AvgIpc) is 2.15. The Morgan fingerprint density at radius 2 is 2.23 bits per heavy atom. The summed E-state index contributed by atoms with van der Waals surface area (Å²) < 4.78 is 14.1. The van der Waals surface area contributed by atoms with E-state index in [1.807, 2.05) is 13.0 Å². The maximum atomic E-state index is 13.6. The van der Waals surface area contributed by atoms with E-state index in [0.29, 0.717) is 15.4 Å². The predicted octanol–water partition coefficient (Wildman–Crippen LogP) is 3.44. The zero-order chi connectivity index (χ0) is 9.42. The molecule has 13 heavy (non-hydrogen) atoms. The standard InChI is InChI=1S/C10H7BrFN/c1-6-5-8-7(3-2-4-13-8)10(12)9(6)11/h2-5H,1H3.